The summed E-state index contributed by atoms with van der Waals surface area (Å²) in [6, 6.07) is 9.68. The van der Waals surface area contributed by atoms with Crippen molar-refractivity contribution in [1.82, 2.24) is 0 Å². The molecule has 0 amide bonds. The Morgan fingerprint density at radius 1 is 1.12 bits per heavy atom. The van der Waals surface area contributed by atoms with Gasteiger partial charge in [-0.25, -0.2) is 0 Å². The van der Waals surface area contributed by atoms with Crippen molar-refractivity contribution in [1.29, 1.82) is 0 Å². The minimum Gasteiger partial charge on any atom is -0.497 e. The van der Waals surface area contributed by atoms with E-state index in [0.717, 1.165) is 11.3 Å². The number of ether oxygens (including phenoxy) is 2. The van der Waals surface area contributed by atoms with Gasteiger partial charge in [0.2, 0.25) is 0 Å². The number of methoxy groups -OCH3 is 1. The molecule has 0 bridgehead atoms. The van der Waals surface area contributed by atoms with Crippen LogP contribution in [-0.2, 0) is 4.74 Å². The quantitative estimate of drug-likeness (QED) is 0.702. The molecule has 2 nitrogen and oxygen atoms in total. The molecule has 0 heterocycles. The lowest BCUT2D eigenvalue weighted by molar-refractivity contribution is 0.400. The first-order valence-electron chi connectivity index (χ1n) is 5.69. The van der Waals surface area contributed by atoms with Gasteiger partial charge in [0.15, 0.2) is 0 Å². The van der Waals surface area contributed by atoms with Gasteiger partial charge in [0, 0.05) is 0 Å². The first-order valence-corrected chi connectivity index (χ1v) is 5.69. The summed E-state index contributed by atoms with van der Waals surface area (Å²) in [5.74, 6) is 0.910. The molecule has 17 heavy (non-hydrogen) atoms. The molecule has 0 unspecified atom stereocenters. The van der Waals surface area contributed by atoms with E-state index in [1.165, 1.54) is 6.26 Å². The zero-order chi connectivity index (χ0) is 13.5. The molecule has 0 aromatic heterocycles. The number of hydrogen-bond donors (Lipinski definition) is 0. The van der Waals surface area contributed by atoms with Gasteiger partial charge in [0.05, 0.1) is 19.6 Å². The monoisotopic (exact) mass is 236 g/mol. The first kappa shape index (κ1) is 17.7. The molecular formula is C15H24O2. The second-order valence-corrected chi connectivity index (χ2v) is 3.02. The Morgan fingerprint density at radius 3 is 1.88 bits per heavy atom. The molecule has 1 aromatic rings. The van der Waals surface area contributed by atoms with E-state index in [1.54, 1.807) is 13.4 Å². The fraction of sp³-hybridized carbons (Fsp3) is 0.333. The van der Waals surface area contributed by atoms with Crippen LogP contribution in [0.1, 0.15) is 27.7 Å². The summed E-state index contributed by atoms with van der Waals surface area (Å²) >= 11 is 0. The summed E-state index contributed by atoms with van der Waals surface area (Å²) in [5.41, 5.74) is 1.14. The molecule has 0 saturated carbocycles. The Kier molecular flexibility index (Phi) is 14.9. The maximum absolute atomic E-state index is 4.91. The van der Waals surface area contributed by atoms with E-state index in [-0.39, 0.29) is 0 Å². The third kappa shape index (κ3) is 14.3. The molecule has 0 aliphatic heterocycles. The topological polar surface area (TPSA) is 18.5 Å². The molecule has 0 aliphatic rings. The highest BCUT2D eigenvalue weighted by Gasteiger charge is 1.80. The van der Waals surface area contributed by atoms with Crippen LogP contribution < -0.4 is 4.74 Å². The zero-order valence-corrected chi connectivity index (χ0v) is 11.6. The molecule has 0 atom stereocenters. The third-order valence-corrected chi connectivity index (χ3v) is 1.38. The van der Waals surface area contributed by atoms with Crippen LogP contribution in [-0.4, -0.2) is 7.11 Å². The van der Waals surface area contributed by atoms with E-state index in [9.17, 15) is 0 Å². The van der Waals surface area contributed by atoms with Crippen LogP contribution in [0.2, 0.25) is 0 Å². The van der Waals surface area contributed by atoms with Gasteiger partial charge in [-0.1, -0.05) is 38.6 Å². The van der Waals surface area contributed by atoms with Gasteiger partial charge in [0.25, 0.3) is 0 Å². The van der Waals surface area contributed by atoms with Crippen LogP contribution in [0.3, 0.4) is 0 Å². The maximum atomic E-state index is 4.91. The number of hydrogen-bond acceptors (Lipinski definition) is 2. The van der Waals surface area contributed by atoms with Crippen molar-refractivity contribution >= 4 is 0 Å². The standard InChI is InChI=1S/C7H8O.C6H10O.C2H6/c1-8-7-5-3-2-4-6-7;1-4-7-5-6(2)3;1-2/h2-6H,1H3;4-5H,1H2,2-3H3;1-2H3. The van der Waals surface area contributed by atoms with Gasteiger partial charge >= 0.3 is 0 Å². The number of rotatable bonds is 3. The van der Waals surface area contributed by atoms with E-state index < -0.39 is 0 Å². The summed E-state index contributed by atoms with van der Waals surface area (Å²) in [7, 11) is 1.66. The minimum atomic E-state index is 0.910. The van der Waals surface area contributed by atoms with E-state index in [4.69, 9.17) is 9.47 Å². The number of allylic oxidation sites excluding steroid dienone is 1. The summed E-state index contributed by atoms with van der Waals surface area (Å²) in [5, 5.41) is 0. The molecule has 1 aromatic carbocycles. The Balaban J connectivity index is 0. The highest BCUT2D eigenvalue weighted by atomic mass is 16.5. The predicted molar refractivity (Wildman–Crippen MR) is 75.1 cm³/mol. The van der Waals surface area contributed by atoms with Crippen molar-refractivity contribution in [2.45, 2.75) is 27.7 Å². The smallest absolute Gasteiger partial charge is 0.118 e. The molecule has 0 aliphatic carbocycles. The molecule has 0 N–H and O–H groups in total. The maximum Gasteiger partial charge on any atom is 0.118 e. The average molecular weight is 236 g/mol. The average Bonchev–Trinajstić information content (AvgIpc) is 2.40. The van der Waals surface area contributed by atoms with Crippen molar-refractivity contribution < 1.29 is 9.47 Å². The molecule has 0 spiro atoms. The van der Waals surface area contributed by atoms with Gasteiger partial charge in [-0.15, -0.1) is 0 Å². The lowest BCUT2D eigenvalue weighted by atomic mass is 10.3. The van der Waals surface area contributed by atoms with Crippen LogP contribution >= 0.6 is 0 Å². The summed E-state index contributed by atoms with van der Waals surface area (Å²) in [6.45, 7) is 11.3. The van der Waals surface area contributed by atoms with Crippen molar-refractivity contribution in [3.8, 4) is 5.75 Å². The van der Waals surface area contributed by atoms with Gasteiger partial charge in [-0.2, -0.15) is 0 Å². The van der Waals surface area contributed by atoms with Gasteiger partial charge in [0.1, 0.15) is 5.75 Å². The van der Waals surface area contributed by atoms with Crippen LogP contribution in [0, 0.1) is 0 Å². The van der Waals surface area contributed by atoms with Crippen molar-refractivity contribution in [2.24, 2.45) is 0 Å². The van der Waals surface area contributed by atoms with Crippen LogP contribution in [0.4, 0.5) is 0 Å². The second-order valence-electron chi connectivity index (χ2n) is 3.02. The number of para-hydroxylation sites is 1. The van der Waals surface area contributed by atoms with Crippen molar-refractivity contribution in [3.05, 3.63) is 55.0 Å². The van der Waals surface area contributed by atoms with Crippen molar-refractivity contribution in [2.75, 3.05) is 7.11 Å². The third-order valence-electron chi connectivity index (χ3n) is 1.38. The lowest BCUT2D eigenvalue weighted by Crippen LogP contribution is -1.78. The molecule has 1 rings (SSSR count). The van der Waals surface area contributed by atoms with E-state index >= 15 is 0 Å². The molecule has 0 saturated heterocycles. The van der Waals surface area contributed by atoms with Crippen molar-refractivity contribution in [3.63, 3.8) is 0 Å². The normalized spacial score (nSPS) is 7.35. The fourth-order valence-electron chi connectivity index (χ4n) is 0.741. The molecular weight excluding hydrogens is 212 g/mol. The highest BCUT2D eigenvalue weighted by Crippen LogP contribution is 2.05. The summed E-state index contributed by atoms with van der Waals surface area (Å²) in [6.07, 6.45) is 3.04. The largest absolute Gasteiger partial charge is 0.497 e. The first-order chi connectivity index (χ1) is 8.20. The Morgan fingerprint density at radius 2 is 1.65 bits per heavy atom. The van der Waals surface area contributed by atoms with Crippen LogP contribution in [0.25, 0.3) is 0 Å². The molecule has 96 valence electrons. The van der Waals surface area contributed by atoms with Gasteiger partial charge < -0.3 is 9.47 Å². The Bertz CT molecular complexity index is 285. The van der Waals surface area contributed by atoms with Crippen LogP contribution in [0.15, 0.2) is 55.0 Å². The second kappa shape index (κ2) is 14.3. The van der Waals surface area contributed by atoms with Crippen LogP contribution in [0.5, 0.6) is 5.75 Å². The fourth-order valence-corrected chi connectivity index (χ4v) is 0.741. The summed E-state index contributed by atoms with van der Waals surface area (Å²) < 4.78 is 9.61. The zero-order valence-electron chi connectivity index (χ0n) is 11.6. The van der Waals surface area contributed by atoms with E-state index in [1.807, 2.05) is 58.0 Å². The Hall–Kier alpha value is -1.70. The molecule has 2 heteroatoms. The van der Waals surface area contributed by atoms with Gasteiger partial charge in [-0.3, -0.25) is 0 Å². The minimum absolute atomic E-state index is 0.910. The predicted octanol–water partition coefficient (Wildman–Crippen LogP) is 4.79. The van der Waals surface area contributed by atoms with E-state index in [2.05, 4.69) is 6.58 Å². The molecule has 0 radical (unpaired) electrons. The Labute approximate surface area is 106 Å². The SMILES string of the molecule is C=COC=C(C)C.CC.COc1ccccc1. The lowest BCUT2D eigenvalue weighted by Gasteiger charge is -1.93. The summed E-state index contributed by atoms with van der Waals surface area (Å²) in [4.78, 5) is 0. The molecule has 0 fully saturated rings. The number of benzene rings is 1. The highest BCUT2D eigenvalue weighted by molar-refractivity contribution is 5.20. The van der Waals surface area contributed by atoms with Gasteiger partial charge in [-0.05, 0) is 31.6 Å². The van der Waals surface area contributed by atoms with E-state index in [0.29, 0.717) is 0 Å².